The van der Waals surface area contributed by atoms with E-state index in [4.69, 9.17) is 4.74 Å². The van der Waals surface area contributed by atoms with Crippen LogP contribution in [0.1, 0.15) is 11.1 Å². The summed E-state index contributed by atoms with van der Waals surface area (Å²) in [6.45, 7) is 5.84. The third-order valence-corrected chi connectivity index (χ3v) is 4.92. The van der Waals surface area contributed by atoms with E-state index in [-0.39, 0.29) is 18.1 Å². The van der Waals surface area contributed by atoms with Gasteiger partial charge in [0.05, 0.1) is 16.3 Å². The summed E-state index contributed by atoms with van der Waals surface area (Å²) in [5, 5.41) is 6.82. The first-order valence-corrected chi connectivity index (χ1v) is 10.2. The molecule has 0 unspecified atom stereocenters. The summed E-state index contributed by atoms with van der Waals surface area (Å²) in [5.41, 5.74) is 3.25. The molecule has 0 saturated heterocycles. The van der Waals surface area contributed by atoms with Crippen molar-refractivity contribution >= 4 is 24.2 Å². The average Bonchev–Trinajstić information content (AvgIpc) is 3.09. The number of nitrogens with zero attached hydrogens (tertiary/aromatic N) is 1. The van der Waals surface area contributed by atoms with E-state index in [1.807, 2.05) is 73.7 Å². The van der Waals surface area contributed by atoms with Crippen LogP contribution < -0.4 is 26.2 Å². The van der Waals surface area contributed by atoms with E-state index in [2.05, 4.69) is 17.0 Å². The van der Waals surface area contributed by atoms with Gasteiger partial charge in [-0.05, 0) is 55.0 Å². The van der Waals surface area contributed by atoms with Gasteiger partial charge in [0.1, 0.15) is 5.75 Å². The molecule has 6 nitrogen and oxygen atoms in total. The van der Waals surface area contributed by atoms with Crippen molar-refractivity contribution < 1.29 is 9.53 Å². The van der Waals surface area contributed by atoms with Crippen molar-refractivity contribution in [2.45, 2.75) is 6.92 Å². The van der Waals surface area contributed by atoms with Crippen molar-refractivity contribution in [3.8, 4) is 11.4 Å². The molecule has 2 N–H and O–H groups in total. The van der Waals surface area contributed by atoms with E-state index in [0.29, 0.717) is 16.3 Å². The van der Waals surface area contributed by atoms with Crippen LogP contribution in [0.15, 0.2) is 83.7 Å². The van der Waals surface area contributed by atoms with E-state index in [1.54, 1.807) is 18.2 Å². The lowest BCUT2D eigenvalue weighted by Crippen LogP contribution is -2.33. The van der Waals surface area contributed by atoms with Gasteiger partial charge in [-0.1, -0.05) is 54.6 Å². The maximum atomic E-state index is 12.8. The Morgan fingerprint density at radius 1 is 1.03 bits per heavy atom. The highest BCUT2D eigenvalue weighted by molar-refractivity contribution is 5.91. The first-order valence-electron chi connectivity index (χ1n) is 10.2. The van der Waals surface area contributed by atoms with Gasteiger partial charge in [0.2, 0.25) is 0 Å². The Labute approximate surface area is 185 Å². The number of benzene rings is 3. The zero-order valence-electron chi connectivity index (χ0n) is 17.7. The Balaban J connectivity index is 1.44. The number of anilines is 1. The number of aryl methyl sites for hydroxylation is 1. The van der Waals surface area contributed by atoms with Crippen LogP contribution in [-0.2, 0) is 4.79 Å². The van der Waals surface area contributed by atoms with Crippen LogP contribution in [0.4, 0.5) is 5.69 Å². The molecule has 0 aliphatic heterocycles. The number of rotatable bonds is 6. The Morgan fingerprint density at radius 2 is 1.72 bits per heavy atom. The maximum Gasteiger partial charge on any atom is 0.279 e. The van der Waals surface area contributed by atoms with Crippen LogP contribution in [0, 0.1) is 6.92 Å². The van der Waals surface area contributed by atoms with Gasteiger partial charge in [-0.2, -0.15) is 0 Å². The third kappa shape index (κ3) is 4.87. The number of nitrogens with one attached hydrogen (secondary N) is 2. The van der Waals surface area contributed by atoms with E-state index in [9.17, 15) is 9.59 Å². The minimum atomic E-state index is -0.236. The maximum absolute atomic E-state index is 12.8. The number of aromatic nitrogens is 2. The van der Waals surface area contributed by atoms with Gasteiger partial charge in [-0.25, -0.2) is 4.68 Å². The molecular weight excluding hydrogens is 402 g/mol. The largest absolute Gasteiger partial charge is 0.484 e. The Bertz CT molecular complexity index is 1380. The molecule has 1 heterocycles. The first kappa shape index (κ1) is 20.9. The molecule has 160 valence electrons. The molecule has 1 amide bonds. The number of hydrogen-bond acceptors (Lipinski definition) is 3. The molecule has 1 aromatic heterocycles. The van der Waals surface area contributed by atoms with Crippen LogP contribution in [0.5, 0.6) is 5.75 Å². The fourth-order valence-electron chi connectivity index (χ4n) is 3.21. The smallest absolute Gasteiger partial charge is 0.279 e. The Morgan fingerprint density at radius 3 is 2.41 bits per heavy atom. The van der Waals surface area contributed by atoms with Crippen molar-refractivity contribution in [2.75, 3.05) is 11.9 Å². The number of carbonyl (C=O) groups excluding carboxylic acids is 1. The standard InChI is InChI=1S/C26H23N3O3/c1-18-8-12-21(13-9-18)27-25(30)17-32-23-14-10-20(11-15-23)16-24-19(2)28-29(26(24)31)22-6-4-3-5-7-22/h3-16,28H,2,17H2,1H3,(H,27,30)/b24-16-. The van der Waals surface area contributed by atoms with Gasteiger partial charge >= 0.3 is 0 Å². The topological polar surface area (TPSA) is 76.1 Å². The molecule has 4 aromatic rings. The van der Waals surface area contributed by atoms with Crippen molar-refractivity contribution in [2.24, 2.45) is 0 Å². The van der Waals surface area contributed by atoms with Crippen LogP contribution in [0.25, 0.3) is 18.3 Å². The lowest BCUT2D eigenvalue weighted by atomic mass is 10.2. The molecule has 4 rings (SSSR count). The first-order chi connectivity index (χ1) is 15.5. The number of H-pyrrole nitrogens is 1. The second-order valence-corrected chi connectivity index (χ2v) is 7.40. The molecule has 0 spiro atoms. The molecule has 0 saturated carbocycles. The predicted octanol–water partition coefficient (Wildman–Crippen LogP) is 2.73. The van der Waals surface area contributed by atoms with Crippen molar-refractivity contribution in [3.05, 3.63) is 111 Å². The summed E-state index contributed by atoms with van der Waals surface area (Å²) in [6.07, 6.45) is 1.77. The van der Waals surface area contributed by atoms with Crippen LogP contribution >= 0.6 is 0 Å². The number of carbonyl (C=O) groups is 1. The number of aromatic amines is 1. The molecule has 0 atom stereocenters. The molecule has 6 heteroatoms. The lowest BCUT2D eigenvalue weighted by Gasteiger charge is -2.08. The van der Waals surface area contributed by atoms with Gasteiger partial charge in [-0.3, -0.25) is 14.7 Å². The molecule has 0 bridgehead atoms. The lowest BCUT2D eigenvalue weighted by molar-refractivity contribution is -0.118. The summed E-state index contributed by atoms with van der Waals surface area (Å²) in [4.78, 5) is 24.9. The summed E-state index contributed by atoms with van der Waals surface area (Å²) in [5.74, 6) is 0.326. The quantitative estimate of drug-likeness (QED) is 0.499. The van der Waals surface area contributed by atoms with Crippen molar-refractivity contribution in [1.82, 2.24) is 9.78 Å². The average molecular weight is 425 g/mol. The van der Waals surface area contributed by atoms with E-state index >= 15 is 0 Å². The van der Waals surface area contributed by atoms with E-state index in [0.717, 1.165) is 22.5 Å². The molecule has 3 aromatic carbocycles. The molecule has 32 heavy (non-hydrogen) atoms. The zero-order chi connectivity index (χ0) is 22.5. The summed E-state index contributed by atoms with van der Waals surface area (Å²) in [6, 6.07) is 24.1. The van der Waals surface area contributed by atoms with Crippen molar-refractivity contribution in [1.29, 1.82) is 0 Å². The highest BCUT2D eigenvalue weighted by Gasteiger charge is 2.06. The minimum Gasteiger partial charge on any atom is -0.484 e. The summed E-state index contributed by atoms with van der Waals surface area (Å²) >= 11 is 0. The summed E-state index contributed by atoms with van der Waals surface area (Å²) in [7, 11) is 0. The SMILES string of the molecule is C=c1[nH]n(-c2ccccc2)c(=O)/c1=C\c1ccc(OCC(=O)Nc2ccc(C)cc2)cc1. The fourth-order valence-corrected chi connectivity index (χ4v) is 3.21. The van der Waals surface area contributed by atoms with Gasteiger partial charge < -0.3 is 10.1 Å². The van der Waals surface area contributed by atoms with Gasteiger partial charge in [0.15, 0.2) is 6.61 Å². The molecular formula is C26H23N3O3. The predicted molar refractivity (Wildman–Crippen MR) is 126 cm³/mol. The van der Waals surface area contributed by atoms with Gasteiger partial charge in [0, 0.05) is 5.69 Å². The number of amides is 1. The van der Waals surface area contributed by atoms with Gasteiger partial charge in [0.25, 0.3) is 11.5 Å². The molecule has 0 radical (unpaired) electrons. The van der Waals surface area contributed by atoms with Gasteiger partial charge in [-0.15, -0.1) is 0 Å². The molecule has 0 aliphatic rings. The highest BCUT2D eigenvalue weighted by atomic mass is 16.5. The second kappa shape index (κ2) is 9.22. The van der Waals surface area contributed by atoms with Crippen LogP contribution in [0.2, 0.25) is 0 Å². The highest BCUT2D eigenvalue weighted by Crippen LogP contribution is 2.13. The van der Waals surface area contributed by atoms with E-state index < -0.39 is 0 Å². The second-order valence-electron chi connectivity index (χ2n) is 7.40. The fraction of sp³-hybridized carbons (Fsp3) is 0.0769. The third-order valence-electron chi connectivity index (χ3n) is 4.92. The van der Waals surface area contributed by atoms with Crippen LogP contribution in [-0.4, -0.2) is 22.3 Å². The zero-order valence-corrected chi connectivity index (χ0v) is 17.7. The normalized spacial score (nSPS) is 11.3. The Kier molecular flexibility index (Phi) is 6.03. The van der Waals surface area contributed by atoms with E-state index in [1.165, 1.54) is 4.68 Å². The molecule has 0 aliphatic carbocycles. The van der Waals surface area contributed by atoms with Crippen LogP contribution in [0.3, 0.4) is 0 Å². The monoisotopic (exact) mass is 425 g/mol. The summed E-state index contributed by atoms with van der Waals surface area (Å²) < 4.78 is 7.04. The minimum absolute atomic E-state index is 0.0977. The Hall–Kier alpha value is -4.32. The van der Waals surface area contributed by atoms with Crippen molar-refractivity contribution in [3.63, 3.8) is 0 Å². The number of hydrogen-bond donors (Lipinski definition) is 2. The molecule has 0 fully saturated rings. The number of ether oxygens (including phenoxy) is 1. The number of para-hydroxylation sites is 1.